The number of rotatable bonds is 4. The molecule has 6 rings (SSSR count). The molecule has 8 heteroatoms. The summed E-state index contributed by atoms with van der Waals surface area (Å²) < 4.78 is 0. The van der Waals surface area contributed by atoms with E-state index in [1.807, 2.05) is 0 Å². The van der Waals surface area contributed by atoms with Gasteiger partial charge in [-0.05, 0) is 79.5 Å². The molecule has 6 aromatic carbocycles. The molecule has 0 aliphatic heterocycles. The molecule has 0 saturated heterocycles. The SMILES string of the molecule is O=C(O)c1ccc2cc3cc(C(=O)O)c4c(C(=O)O)ccc5cc6cc(C(=O)O)c1c2c6c3c54. The predicted octanol–water partition coefficient (Wildman–Crippen LogP) is 5.12. The van der Waals surface area contributed by atoms with Crippen molar-refractivity contribution in [2.24, 2.45) is 0 Å². The highest BCUT2D eigenvalue weighted by molar-refractivity contribution is 6.40. The predicted molar refractivity (Wildman–Crippen MR) is 124 cm³/mol. The van der Waals surface area contributed by atoms with E-state index in [1.54, 1.807) is 24.3 Å². The van der Waals surface area contributed by atoms with Crippen LogP contribution in [0.2, 0.25) is 0 Å². The maximum Gasteiger partial charge on any atom is 0.336 e. The lowest BCUT2D eigenvalue weighted by Gasteiger charge is -2.20. The number of hydrogen-bond donors (Lipinski definition) is 4. The molecule has 0 atom stereocenters. The van der Waals surface area contributed by atoms with Crippen molar-refractivity contribution < 1.29 is 39.6 Å². The molecule has 0 aliphatic carbocycles. The smallest absolute Gasteiger partial charge is 0.336 e. The quantitative estimate of drug-likeness (QED) is 0.213. The molecule has 0 unspecified atom stereocenters. The van der Waals surface area contributed by atoms with Crippen LogP contribution in [-0.4, -0.2) is 44.3 Å². The van der Waals surface area contributed by atoms with Gasteiger partial charge in [-0.15, -0.1) is 0 Å². The monoisotopic (exact) mass is 452 g/mol. The summed E-state index contributed by atoms with van der Waals surface area (Å²) in [5, 5.41) is 43.6. The Morgan fingerprint density at radius 3 is 1.03 bits per heavy atom. The van der Waals surface area contributed by atoms with Crippen LogP contribution in [0.25, 0.3) is 53.9 Å². The highest BCUT2D eigenvalue weighted by Gasteiger charge is 2.26. The van der Waals surface area contributed by atoms with Crippen LogP contribution in [0, 0.1) is 0 Å². The first kappa shape index (κ1) is 19.7. The van der Waals surface area contributed by atoms with Gasteiger partial charge in [0.2, 0.25) is 0 Å². The lowest BCUT2D eigenvalue weighted by molar-refractivity contribution is 0.0681. The standard InChI is InChI=1S/C26H12O8/c27-23(28)13-3-1-9-5-11-7-16(26(33)34)22-14(24(29)30)4-2-10-6-12-8-15(25(31)32)21(13)17(9)19(12)20(11)18(10)22/h1-8H,(H,27,28)(H,29,30)(H,31,32)(H,33,34). The van der Waals surface area contributed by atoms with Gasteiger partial charge >= 0.3 is 23.9 Å². The Morgan fingerprint density at radius 2 is 0.706 bits per heavy atom. The molecule has 0 bridgehead atoms. The van der Waals surface area contributed by atoms with E-state index in [-0.39, 0.29) is 33.0 Å². The van der Waals surface area contributed by atoms with Crippen LogP contribution in [-0.2, 0) is 0 Å². The van der Waals surface area contributed by atoms with Gasteiger partial charge in [0, 0.05) is 10.8 Å². The van der Waals surface area contributed by atoms with Crippen LogP contribution in [0.5, 0.6) is 0 Å². The lowest BCUT2D eigenvalue weighted by Crippen LogP contribution is -2.07. The molecule has 8 nitrogen and oxygen atoms in total. The number of hydrogen-bond acceptors (Lipinski definition) is 4. The van der Waals surface area contributed by atoms with Gasteiger partial charge in [0.05, 0.1) is 22.3 Å². The second kappa shape index (κ2) is 6.29. The Labute approximate surface area is 188 Å². The van der Waals surface area contributed by atoms with E-state index in [0.29, 0.717) is 43.1 Å². The van der Waals surface area contributed by atoms with E-state index in [4.69, 9.17) is 0 Å². The van der Waals surface area contributed by atoms with Crippen molar-refractivity contribution in [2.45, 2.75) is 0 Å². The third kappa shape index (κ3) is 2.31. The summed E-state index contributed by atoms with van der Waals surface area (Å²) in [5.41, 5.74) is -0.659. The first-order valence-corrected chi connectivity index (χ1v) is 10.1. The fourth-order valence-corrected chi connectivity index (χ4v) is 5.26. The number of carboxylic acids is 4. The number of carbonyl (C=O) groups is 4. The molecule has 0 fully saturated rings. The summed E-state index contributed by atoms with van der Waals surface area (Å²) >= 11 is 0. The Kier molecular flexibility index (Phi) is 3.64. The van der Waals surface area contributed by atoms with Crippen LogP contribution in [0.3, 0.4) is 0 Å². The average Bonchev–Trinajstić information content (AvgIpc) is 2.79. The summed E-state index contributed by atoms with van der Waals surface area (Å²) in [6.45, 7) is 0. The van der Waals surface area contributed by atoms with Gasteiger partial charge in [-0.2, -0.15) is 0 Å². The normalized spacial score (nSPS) is 11.9. The maximum absolute atomic E-state index is 12.1. The van der Waals surface area contributed by atoms with Crippen molar-refractivity contribution in [1.82, 2.24) is 0 Å². The van der Waals surface area contributed by atoms with Crippen LogP contribution in [0.1, 0.15) is 41.4 Å². The molecular weight excluding hydrogens is 440 g/mol. The highest BCUT2D eigenvalue weighted by Crippen LogP contribution is 2.46. The summed E-state index contributed by atoms with van der Waals surface area (Å²) in [4.78, 5) is 48.2. The zero-order valence-electron chi connectivity index (χ0n) is 17.0. The Morgan fingerprint density at radius 1 is 0.382 bits per heavy atom. The van der Waals surface area contributed by atoms with Crippen molar-refractivity contribution in [3.05, 3.63) is 70.8 Å². The number of carboxylic acid groups (broad SMARTS) is 4. The van der Waals surface area contributed by atoms with Crippen molar-refractivity contribution in [2.75, 3.05) is 0 Å². The van der Waals surface area contributed by atoms with Gasteiger partial charge in [0.15, 0.2) is 0 Å². The molecule has 0 aliphatic rings. The van der Waals surface area contributed by atoms with Crippen LogP contribution in [0.15, 0.2) is 48.5 Å². The molecule has 0 amide bonds. The van der Waals surface area contributed by atoms with Crippen LogP contribution in [0.4, 0.5) is 0 Å². The maximum atomic E-state index is 12.1. The van der Waals surface area contributed by atoms with Gasteiger partial charge in [0.25, 0.3) is 0 Å². The van der Waals surface area contributed by atoms with E-state index >= 15 is 0 Å². The second-order valence-electron chi connectivity index (χ2n) is 8.19. The number of benzene rings is 6. The first-order chi connectivity index (χ1) is 16.2. The topological polar surface area (TPSA) is 149 Å². The Balaban J connectivity index is 2.02. The third-order valence-corrected chi connectivity index (χ3v) is 6.48. The van der Waals surface area contributed by atoms with Crippen LogP contribution >= 0.6 is 0 Å². The van der Waals surface area contributed by atoms with Gasteiger partial charge in [-0.1, -0.05) is 12.1 Å². The molecule has 0 radical (unpaired) electrons. The highest BCUT2D eigenvalue weighted by atomic mass is 16.4. The molecule has 6 aromatic rings. The van der Waals surface area contributed by atoms with Gasteiger partial charge in [-0.25, -0.2) is 19.2 Å². The van der Waals surface area contributed by atoms with E-state index in [9.17, 15) is 39.6 Å². The van der Waals surface area contributed by atoms with E-state index in [1.165, 1.54) is 24.3 Å². The molecule has 4 N–H and O–H groups in total. The van der Waals surface area contributed by atoms with Gasteiger partial charge < -0.3 is 20.4 Å². The molecule has 34 heavy (non-hydrogen) atoms. The fourth-order valence-electron chi connectivity index (χ4n) is 5.26. The van der Waals surface area contributed by atoms with Crippen LogP contribution < -0.4 is 0 Å². The van der Waals surface area contributed by atoms with Gasteiger partial charge in [0.1, 0.15) is 0 Å². The lowest BCUT2D eigenvalue weighted by atomic mass is 9.82. The summed E-state index contributed by atoms with van der Waals surface area (Å²) in [6.07, 6.45) is 0. The second-order valence-corrected chi connectivity index (χ2v) is 8.19. The fraction of sp³-hybridized carbons (Fsp3) is 0. The van der Waals surface area contributed by atoms with E-state index in [2.05, 4.69) is 0 Å². The van der Waals surface area contributed by atoms with E-state index in [0.717, 1.165) is 0 Å². The minimum absolute atomic E-state index is 0.0693. The number of aromatic carboxylic acids is 4. The van der Waals surface area contributed by atoms with Crippen molar-refractivity contribution in [3.63, 3.8) is 0 Å². The zero-order valence-corrected chi connectivity index (χ0v) is 17.0. The summed E-state index contributed by atoms with van der Waals surface area (Å²) in [6, 6.07) is 12.0. The summed E-state index contributed by atoms with van der Waals surface area (Å²) in [5.74, 6) is -5.11. The minimum atomic E-state index is -1.28. The molecule has 0 aromatic heterocycles. The third-order valence-electron chi connectivity index (χ3n) is 6.48. The molecule has 0 heterocycles. The van der Waals surface area contributed by atoms with Crippen molar-refractivity contribution >= 4 is 77.7 Å². The molecule has 0 spiro atoms. The van der Waals surface area contributed by atoms with Gasteiger partial charge in [-0.3, -0.25) is 0 Å². The average molecular weight is 452 g/mol. The molecular formula is C26H12O8. The molecule has 0 saturated carbocycles. The van der Waals surface area contributed by atoms with Crippen molar-refractivity contribution in [3.8, 4) is 0 Å². The molecule has 164 valence electrons. The van der Waals surface area contributed by atoms with Crippen molar-refractivity contribution in [1.29, 1.82) is 0 Å². The summed E-state index contributed by atoms with van der Waals surface area (Å²) in [7, 11) is 0. The van der Waals surface area contributed by atoms with E-state index < -0.39 is 23.9 Å². The largest absolute Gasteiger partial charge is 0.478 e. The minimum Gasteiger partial charge on any atom is -0.478 e. The Bertz CT molecular complexity index is 1770. The zero-order chi connectivity index (χ0) is 24.0. The first-order valence-electron chi connectivity index (χ1n) is 10.1. The Hall–Kier alpha value is -4.98.